The van der Waals surface area contributed by atoms with E-state index in [1.165, 1.54) is 22.3 Å². The highest BCUT2D eigenvalue weighted by Gasteiger charge is 2.52. The first kappa shape index (κ1) is 29.5. The maximum absolute atomic E-state index is 7.01. The van der Waals surface area contributed by atoms with Crippen LogP contribution in [-0.2, 0) is 5.41 Å². The molecule has 0 N–H and O–H groups in total. The Morgan fingerprint density at radius 2 is 1.13 bits per heavy atom. The zero-order valence-corrected chi connectivity index (χ0v) is 29.3. The van der Waals surface area contributed by atoms with Gasteiger partial charge in [-0.1, -0.05) is 146 Å². The van der Waals surface area contributed by atoms with Gasteiger partial charge in [0.2, 0.25) is 0 Å². The van der Waals surface area contributed by atoms with Crippen LogP contribution in [0.1, 0.15) is 27.8 Å². The summed E-state index contributed by atoms with van der Waals surface area (Å²) in [5.41, 5.74) is 13.1. The Bertz CT molecular complexity index is 3230. The number of furan rings is 1. The molecule has 252 valence electrons. The predicted molar refractivity (Wildman–Crippen MR) is 217 cm³/mol. The lowest BCUT2D eigenvalue weighted by Gasteiger charge is -2.40. The third-order valence-electron chi connectivity index (χ3n) is 11.7. The number of ether oxygens (including phenoxy) is 1. The monoisotopic (exact) mass is 690 g/mol. The first-order valence-electron chi connectivity index (χ1n) is 18.4. The van der Waals surface area contributed by atoms with Crippen molar-refractivity contribution in [3.05, 3.63) is 192 Å². The van der Waals surface area contributed by atoms with Crippen molar-refractivity contribution >= 4 is 43.6 Å². The smallest absolute Gasteiger partial charge is 0.161 e. The number of aryl methyl sites for hydroxylation is 1. The molecule has 0 saturated carbocycles. The molecule has 12 rings (SSSR count). The fraction of sp³-hybridized carbons (Fsp3) is 0.0400. The molecule has 0 amide bonds. The minimum absolute atomic E-state index is 0.617. The van der Waals surface area contributed by atoms with E-state index in [0.717, 1.165) is 88.6 Å². The molecule has 1 aliphatic heterocycles. The first-order valence-corrected chi connectivity index (χ1v) is 18.4. The van der Waals surface area contributed by atoms with E-state index < -0.39 is 5.41 Å². The topological polar surface area (TPSA) is 48.2 Å². The van der Waals surface area contributed by atoms with Crippen molar-refractivity contribution in [1.29, 1.82) is 0 Å². The highest BCUT2D eigenvalue weighted by atomic mass is 16.5. The van der Waals surface area contributed by atoms with E-state index in [2.05, 4.69) is 146 Å². The molecule has 2 aromatic heterocycles. The number of aromatic nitrogens is 2. The van der Waals surface area contributed by atoms with Gasteiger partial charge >= 0.3 is 0 Å². The minimum atomic E-state index is -0.617. The summed E-state index contributed by atoms with van der Waals surface area (Å²) >= 11 is 0. The van der Waals surface area contributed by atoms with Crippen molar-refractivity contribution in [2.24, 2.45) is 0 Å². The zero-order valence-electron chi connectivity index (χ0n) is 29.3. The van der Waals surface area contributed by atoms with Gasteiger partial charge in [-0.15, -0.1) is 0 Å². The van der Waals surface area contributed by atoms with Crippen LogP contribution in [0.25, 0.3) is 77.4 Å². The summed E-state index contributed by atoms with van der Waals surface area (Å²) in [6.45, 7) is 2.15. The van der Waals surface area contributed by atoms with Gasteiger partial charge in [-0.05, 0) is 58.3 Å². The second kappa shape index (κ2) is 10.8. The summed E-state index contributed by atoms with van der Waals surface area (Å²) in [7, 11) is 0. The summed E-state index contributed by atoms with van der Waals surface area (Å²) < 4.78 is 13.3. The van der Waals surface area contributed by atoms with E-state index in [-0.39, 0.29) is 0 Å². The molecule has 0 fully saturated rings. The van der Waals surface area contributed by atoms with E-state index in [9.17, 15) is 0 Å². The largest absolute Gasteiger partial charge is 0.456 e. The van der Waals surface area contributed by atoms with Gasteiger partial charge in [-0.3, -0.25) is 0 Å². The summed E-state index contributed by atoms with van der Waals surface area (Å²) in [4.78, 5) is 10.7. The molecule has 2 aliphatic rings. The van der Waals surface area contributed by atoms with Crippen molar-refractivity contribution in [3.63, 3.8) is 0 Å². The maximum atomic E-state index is 7.01. The Morgan fingerprint density at radius 1 is 0.463 bits per heavy atom. The van der Waals surface area contributed by atoms with E-state index in [1.54, 1.807) is 0 Å². The summed E-state index contributed by atoms with van der Waals surface area (Å²) in [6.07, 6.45) is 0. The van der Waals surface area contributed by atoms with Gasteiger partial charge in [0.15, 0.2) is 5.82 Å². The molecule has 4 nitrogen and oxygen atoms in total. The lowest BCUT2D eigenvalue weighted by Crippen LogP contribution is -2.32. The number of benzene rings is 8. The second-order valence-corrected chi connectivity index (χ2v) is 14.4. The molecule has 0 saturated heterocycles. The molecule has 1 spiro atoms. The van der Waals surface area contributed by atoms with Gasteiger partial charge in [0, 0.05) is 43.8 Å². The Morgan fingerprint density at radius 3 is 2.07 bits per heavy atom. The number of para-hydroxylation sites is 3. The van der Waals surface area contributed by atoms with Gasteiger partial charge in [0.05, 0.1) is 16.6 Å². The molecule has 54 heavy (non-hydrogen) atoms. The fourth-order valence-corrected chi connectivity index (χ4v) is 9.45. The molecule has 1 aliphatic carbocycles. The molecule has 8 aromatic carbocycles. The van der Waals surface area contributed by atoms with Crippen molar-refractivity contribution in [3.8, 4) is 45.3 Å². The standard InChI is InChI=1S/C50H30N2O2/c1-29-13-10-23-39-47(29)54-48-31-15-3-2-14-30(31)27-28-40(48)50(39)37-21-7-4-16-32(37)44-35(19-11-22-38(44)50)46-33-17-5-8-24-41(33)51-49(52-46)36-20-12-26-43-45(36)34-18-6-9-25-42(34)53-43/h2-28H,1H3. The third-order valence-corrected chi connectivity index (χ3v) is 11.7. The van der Waals surface area contributed by atoms with Gasteiger partial charge in [-0.25, -0.2) is 9.97 Å². The highest BCUT2D eigenvalue weighted by Crippen LogP contribution is 2.64. The van der Waals surface area contributed by atoms with Crippen LogP contribution >= 0.6 is 0 Å². The average Bonchev–Trinajstić information content (AvgIpc) is 3.75. The molecule has 1 unspecified atom stereocenters. The summed E-state index contributed by atoms with van der Waals surface area (Å²) in [5.74, 6) is 2.51. The van der Waals surface area contributed by atoms with Gasteiger partial charge < -0.3 is 9.15 Å². The van der Waals surface area contributed by atoms with Crippen molar-refractivity contribution in [2.45, 2.75) is 12.3 Å². The minimum Gasteiger partial charge on any atom is -0.456 e. The fourth-order valence-electron chi connectivity index (χ4n) is 9.45. The molecule has 3 heterocycles. The Balaban J connectivity index is 1.20. The second-order valence-electron chi connectivity index (χ2n) is 14.4. The van der Waals surface area contributed by atoms with Crippen LogP contribution in [0, 0.1) is 6.92 Å². The third kappa shape index (κ3) is 3.76. The quantitative estimate of drug-likeness (QED) is 0.181. The van der Waals surface area contributed by atoms with Crippen molar-refractivity contribution in [1.82, 2.24) is 9.97 Å². The zero-order chi connectivity index (χ0) is 35.5. The summed E-state index contributed by atoms with van der Waals surface area (Å²) in [6, 6.07) is 58.1. The SMILES string of the molecule is Cc1cccc2c1Oc1c(ccc3ccccc13)C21c2ccccc2-c2c(-c3nc(-c4cccc5oc6ccccc6c45)nc4ccccc34)cccc21. The van der Waals surface area contributed by atoms with Gasteiger partial charge in [0.1, 0.15) is 22.7 Å². The van der Waals surface area contributed by atoms with E-state index >= 15 is 0 Å². The predicted octanol–water partition coefficient (Wildman–Crippen LogP) is 12.8. The average molecular weight is 691 g/mol. The maximum Gasteiger partial charge on any atom is 0.161 e. The lowest BCUT2D eigenvalue weighted by atomic mass is 9.65. The first-order chi connectivity index (χ1) is 26.7. The Labute approximate surface area is 311 Å². The van der Waals surface area contributed by atoms with E-state index in [1.807, 2.05) is 24.3 Å². The molecule has 4 heteroatoms. The lowest BCUT2D eigenvalue weighted by molar-refractivity contribution is 0.438. The molecule has 0 bridgehead atoms. The number of hydrogen-bond acceptors (Lipinski definition) is 4. The Hall–Kier alpha value is -7.04. The van der Waals surface area contributed by atoms with Crippen LogP contribution < -0.4 is 4.74 Å². The van der Waals surface area contributed by atoms with E-state index in [0.29, 0.717) is 5.82 Å². The number of fused-ring (bicyclic) bond motifs is 15. The number of rotatable bonds is 2. The van der Waals surface area contributed by atoms with Gasteiger partial charge in [0.25, 0.3) is 0 Å². The normalized spacial score (nSPS) is 15.4. The highest BCUT2D eigenvalue weighted by molar-refractivity contribution is 6.12. The number of hydrogen-bond donors (Lipinski definition) is 0. The Kier molecular flexibility index (Phi) is 5.88. The van der Waals surface area contributed by atoms with E-state index in [4.69, 9.17) is 19.1 Å². The van der Waals surface area contributed by atoms with Crippen LogP contribution in [0.4, 0.5) is 0 Å². The molecule has 10 aromatic rings. The van der Waals surface area contributed by atoms with Crippen LogP contribution in [0.3, 0.4) is 0 Å². The van der Waals surface area contributed by atoms with Crippen LogP contribution in [0.15, 0.2) is 168 Å². The van der Waals surface area contributed by atoms with Crippen LogP contribution in [0.5, 0.6) is 11.5 Å². The molecule has 1 atom stereocenters. The van der Waals surface area contributed by atoms with Crippen LogP contribution in [-0.4, -0.2) is 9.97 Å². The van der Waals surface area contributed by atoms with Crippen molar-refractivity contribution in [2.75, 3.05) is 0 Å². The van der Waals surface area contributed by atoms with Gasteiger partial charge in [-0.2, -0.15) is 0 Å². The molecule has 0 radical (unpaired) electrons. The molecular weight excluding hydrogens is 661 g/mol. The van der Waals surface area contributed by atoms with Crippen LogP contribution in [0.2, 0.25) is 0 Å². The van der Waals surface area contributed by atoms with Crippen molar-refractivity contribution < 1.29 is 9.15 Å². The number of nitrogens with zero attached hydrogens (tertiary/aromatic N) is 2. The summed E-state index contributed by atoms with van der Waals surface area (Å²) in [5, 5.41) is 5.35. The molecular formula is C50H30N2O2.